The summed E-state index contributed by atoms with van der Waals surface area (Å²) in [4.78, 5) is 14.2. The van der Waals surface area contributed by atoms with E-state index in [9.17, 15) is 0 Å². The molecule has 0 radical (unpaired) electrons. The highest BCUT2D eigenvalue weighted by Crippen LogP contribution is 2.35. The molecule has 0 aliphatic carbocycles. The van der Waals surface area contributed by atoms with Crippen molar-refractivity contribution in [3.8, 4) is 0 Å². The second-order valence-electron chi connectivity index (χ2n) is 7.27. The number of hydrogen-bond acceptors (Lipinski definition) is 4. The summed E-state index contributed by atoms with van der Waals surface area (Å²) < 4.78 is 0. The lowest BCUT2D eigenvalue weighted by molar-refractivity contribution is 0.614. The van der Waals surface area contributed by atoms with E-state index >= 15 is 0 Å². The van der Waals surface area contributed by atoms with Crippen LogP contribution in [0.5, 0.6) is 0 Å². The fourth-order valence-corrected chi connectivity index (χ4v) is 3.86. The van der Waals surface area contributed by atoms with Gasteiger partial charge in [-0.15, -0.1) is 0 Å². The average Bonchev–Trinajstić information content (AvgIpc) is 2.71. The van der Waals surface area contributed by atoms with Gasteiger partial charge in [0.2, 0.25) is 5.95 Å². The molecule has 4 heteroatoms. The normalized spacial score (nSPS) is 16.1. The van der Waals surface area contributed by atoms with Gasteiger partial charge in [-0.05, 0) is 50.5 Å². The SMILES string of the molecule is Cc1nc(N(C)c2ccccc2)nc(N2CCc3ccccc3[C@H]2C)c1C. The van der Waals surface area contributed by atoms with Gasteiger partial charge in [0.15, 0.2) is 0 Å². The molecule has 3 aromatic rings. The van der Waals surface area contributed by atoms with Gasteiger partial charge in [0.1, 0.15) is 5.82 Å². The van der Waals surface area contributed by atoms with E-state index in [1.165, 1.54) is 11.1 Å². The second kappa shape index (κ2) is 7.03. The average molecular weight is 358 g/mol. The van der Waals surface area contributed by atoms with Crippen LogP contribution in [0.25, 0.3) is 0 Å². The number of anilines is 3. The molecule has 0 fully saturated rings. The smallest absolute Gasteiger partial charge is 0.231 e. The minimum atomic E-state index is 0.304. The Morgan fingerprint density at radius 1 is 0.963 bits per heavy atom. The molecule has 27 heavy (non-hydrogen) atoms. The summed E-state index contributed by atoms with van der Waals surface area (Å²) in [5.41, 5.74) is 6.13. The van der Waals surface area contributed by atoms with Crippen molar-refractivity contribution in [2.45, 2.75) is 33.2 Å². The van der Waals surface area contributed by atoms with Crippen LogP contribution in [0.4, 0.5) is 17.5 Å². The molecule has 4 nitrogen and oxygen atoms in total. The molecule has 2 heterocycles. The van der Waals surface area contributed by atoms with E-state index in [4.69, 9.17) is 9.97 Å². The van der Waals surface area contributed by atoms with E-state index in [-0.39, 0.29) is 0 Å². The topological polar surface area (TPSA) is 32.3 Å². The molecule has 0 bridgehead atoms. The lowest BCUT2D eigenvalue weighted by atomic mass is 9.93. The quantitative estimate of drug-likeness (QED) is 0.660. The van der Waals surface area contributed by atoms with Crippen LogP contribution in [0.3, 0.4) is 0 Å². The summed E-state index contributed by atoms with van der Waals surface area (Å²) >= 11 is 0. The highest BCUT2D eigenvalue weighted by atomic mass is 15.3. The Labute approximate surface area is 161 Å². The maximum Gasteiger partial charge on any atom is 0.231 e. The van der Waals surface area contributed by atoms with Gasteiger partial charge < -0.3 is 9.80 Å². The summed E-state index contributed by atoms with van der Waals surface area (Å²) in [5.74, 6) is 1.78. The Hall–Kier alpha value is -2.88. The lowest BCUT2D eigenvalue weighted by Crippen LogP contribution is -2.35. The van der Waals surface area contributed by atoms with Crippen molar-refractivity contribution in [2.75, 3.05) is 23.4 Å². The fraction of sp³-hybridized carbons (Fsp3) is 0.304. The van der Waals surface area contributed by atoms with Gasteiger partial charge in [0.05, 0.1) is 6.04 Å². The summed E-state index contributed by atoms with van der Waals surface area (Å²) in [6.07, 6.45) is 1.05. The van der Waals surface area contributed by atoms with Gasteiger partial charge >= 0.3 is 0 Å². The number of rotatable bonds is 3. The Morgan fingerprint density at radius 3 is 2.44 bits per heavy atom. The van der Waals surface area contributed by atoms with Crippen molar-refractivity contribution in [1.29, 1.82) is 0 Å². The first kappa shape index (κ1) is 17.5. The molecule has 0 saturated carbocycles. The van der Waals surface area contributed by atoms with Crippen molar-refractivity contribution < 1.29 is 0 Å². The summed E-state index contributed by atoms with van der Waals surface area (Å²) in [7, 11) is 2.03. The standard InChI is InChI=1S/C23H26N4/c1-16-17(2)24-23(26(4)20-11-6-5-7-12-20)25-22(16)27-15-14-19-10-8-9-13-21(19)18(27)3/h5-13,18H,14-15H2,1-4H3/t18-/m1/s1. The van der Waals surface area contributed by atoms with Crippen LogP contribution in [0.1, 0.15) is 35.3 Å². The van der Waals surface area contributed by atoms with E-state index in [0.717, 1.165) is 41.7 Å². The molecule has 1 aromatic heterocycles. The molecule has 0 spiro atoms. The summed E-state index contributed by atoms with van der Waals surface area (Å²) in [6, 6.07) is 19.3. The van der Waals surface area contributed by atoms with Crippen LogP contribution in [0, 0.1) is 13.8 Å². The summed E-state index contributed by atoms with van der Waals surface area (Å²) in [5, 5.41) is 0. The van der Waals surface area contributed by atoms with E-state index in [1.54, 1.807) is 0 Å². The predicted octanol–water partition coefficient (Wildman–Crippen LogP) is 4.99. The van der Waals surface area contributed by atoms with Gasteiger partial charge in [-0.2, -0.15) is 4.98 Å². The van der Waals surface area contributed by atoms with Crippen LogP contribution >= 0.6 is 0 Å². The number of fused-ring (bicyclic) bond motifs is 1. The first-order valence-electron chi connectivity index (χ1n) is 9.54. The number of aromatic nitrogens is 2. The maximum absolute atomic E-state index is 5.00. The molecular formula is C23H26N4. The zero-order chi connectivity index (χ0) is 19.0. The van der Waals surface area contributed by atoms with Crippen molar-refractivity contribution in [3.63, 3.8) is 0 Å². The van der Waals surface area contributed by atoms with E-state index in [1.807, 2.05) is 25.2 Å². The van der Waals surface area contributed by atoms with E-state index < -0.39 is 0 Å². The molecular weight excluding hydrogens is 332 g/mol. The highest BCUT2D eigenvalue weighted by molar-refractivity contribution is 5.61. The first-order chi connectivity index (χ1) is 13.1. The third kappa shape index (κ3) is 3.16. The fourth-order valence-electron chi connectivity index (χ4n) is 3.86. The van der Waals surface area contributed by atoms with Crippen molar-refractivity contribution >= 4 is 17.5 Å². The van der Waals surface area contributed by atoms with Crippen molar-refractivity contribution in [3.05, 3.63) is 77.0 Å². The van der Waals surface area contributed by atoms with Gasteiger partial charge in [-0.1, -0.05) is 42.5 Å². The van der Waals surface area contributed by atoms with Gasteiger partial charge in [0.25, 0.3) is 0 Å². The van der Waals surface area contributed by atoms with Crippen LogP contribution in [0.15, 0.2) is 54.6 Å². The predicted molar refractivity (Wildman–Crippen MR) is 112 cm³/mol. The number of benzene rings is 2. The molecule has 0 N–H and O–H groups in total. The molecule has 2 aromatic carbocycles. The number of hydrogen-bond donors (Lipinski definition) is 0. The maximum atomic E-state index is 5.00. The van der Waals surface area contributed by atoms with Crippen molar-refractivity contribution in [1.82, 2.24) is 9.97 Å². The first-order valence-corrected chi connectivity index (χ1v) is 9.54. The Morgan fingerprint density at radius 2 is 1.67 bits per heavy atom. The molecule has 4 rings (SSSR count). The summed E-state index contributed by atoms with van der Waals surface area (Å²) in [6.45, 7) is 7.45. The lowest BCUT2D eigenvalue weighted by Gasteiger charge is -2.37. The molecule has 0 saturated heterocycles. The number of aryl methyl sites for hydroxylation is 1. The largest absolute Gasteiger partial charge is 0.349 e. The third-order valence-corrected chi connectivity index (χ3v) is 5.66. The highest BCUT2D eigenvalue weighted by Gasteiger charge is 2.27. The number of para-hydroxylation sites is 1. The van der Waals surface area contributed by atoms with Crippen LogP contribution in [-0.4, -0.2) is 23.6 Å². The van der Waals surface area contributed by atoms with E-state index in [0.29, 0.717) is 6.04 Å². The number of nitrogens with zero attached hydrogens (tertiary/aromatic N) is 4. The van der Waals surface area contributed by atoms with Crippen LogP contribution in [0.2, 0.25) is 0 Å². The monoisotopic (exact) mass is 358 g/mol. The van der Waals surface area contributed by atoms with E-state index in [2.05, 4.69) is 67.0 Å². The van der Waals surface area contributed by atoms with Gasteiger partial charge in [-0.3, -0.25) is 0 Å². The Kier molecular flexibility index (Phi) is 4.56. The zero-order valence-corrected chi connectivity index (χ0v) is 16.5. The minimum Gasteiger partial charge on any atom is -0.349 e. The molecule has 1 aliphatic heterocycles. The minimum absolute atomic E-state index is 0.304. The molecule has 0 amide bonds. The van der Waals surface area contributed by atoms with Gasteiger partial charge in [0, 0.05) is 30.5 Å². The molecule has 1 atom stereocenters. The molecule has 138 valence electrons. The van der Waals surface area contributed by atoms with Gasteiger partial charge in [-0.25, -0.2) is 4.98 Å². The van der Waals surface area contributed by atoms with Crippen LogP contribution < -0.4 is 9.80 Å². The molecule has 0 unspecified atom stereocenters. The van der Waals surface area contributed by atoms with Crippen LogP contribution in [-0.2, 0) is 6.42 Å². The van der Waals surface area contributed by atoms with Crippen molar-refractivity contribution in [2.24, 2.45) is 0 Å². The zero-order valence-electron chi connectivity index (χ0n) is 16.5. The second-order valence-corrected chi connectivity index (χ2v) is 7.27. The molecule has 1 aliphatic rings. The Bertz CT molecular complexity index is 952. The third-order valence-electron chi connectivity index (χ3n) is 5.66. The Balaban J connectivity index is 1.74.